The summed E-state index contributed by atoms with van der Waals surface area (Å²) in [5.41, 5.74) is 0.746. The van der Waals surface area contributed by atoms with Gasteiger partial charge in [-0.15, -0.1) is 0 Å². The van der Waals surface area contributed by atoms with E-state index in [0.29, 0.717) is 17.2 Å². The Morgan fingerprint density at radius 2 is 2.25 bits per heavy atom. The Morgan fingerprint density at radius 1 is 1.56 bits per heavy atom. The Morgan fingerprint density at radius 3 is 2.81 bits per heavy atom. The highest BCUT2D eigenvalue weighted by Crippen LogP contribution is 2.22. The van der Waals surface area contributed by atoms with E-state index >= 15 is 0 Å². The molecule has 0 aliphatic carbocycles. The standard InChI is InChI=1S/C11H14ClNO3/c1-3-4-11(14)13(15)16-10-6-5-9(12)7-8(10)2/h5-7,15H,3-4H2,1-2H3. The Balaban J connectivity index is 2.69. The smallest absolute Gasteiger partial charge is 0.284 e. The first-order valence-corrected chi connectivity index (χ1v) is 5.38. The molecule has 4 nitrogen and oxygen atoms in total. The van der Waals surface area contributed by atoms with Gasteiger partial charge in [-0.3, -0.25) is 10.0 Å². The molecule has 1 aromatic rings. The third-order valence-electron chi connectivity index (χ3n) is 2.00. The third kappa shape index (κ3) is 3.40. The summed E-state index contributed by atoms with van der Waals surface area (Å²) in [5.74, 6) is -0.0757. The van der Waals surface area contributed by atoms with E-state index in [2.05, 4.69) is 0 Å². The minimum absolute atomic E-state index is 0.239. The van der Waals surface area contributed by atoms with Crippen LogP contribution < -0.4 is 4.84 Å². The van der Waals surface area contributed by atoms with Gasteiger partial charge in [-0.05, 0) is 42.3 Å². The van der Waals surface area contributed by atoms with Crippen LogP contribution in [0.25, 0.3) is 0 Å². The Labute approximate surface area is 99.3 Å². The topological polar surface area (TPSA) is 49.8 Å². The summed E-state index contributed by atoms with van der Waals surface area (Å²) in [5, 5.41) is 10.2. The van der Waals surface area contributed by atoms with Crippen molar-refractivity contribution in [3.63, 3.8) is 0 Å². The molecule has 0 saturated carbocycles. The van der Waals surface area contributed by atoms with E-state index in [1.165, 1.54) is 0 Å². The SMILES string of the molecule is CCCC(=O)N(O)Oc1ccc(Cl)cc1C. The maximum Gasteiger partial charge on any atom is 0.284 e. The molecule has 0 spiro atoms. The van der Waals surface area contributed by atoms with Crippen molar-refractivity contribution < 1.29 is 14.8 Å². The number of benzene rings is 1. The molecule has 1 amide bonds. The summed E-state index contributed by atoms with van der Waals surface area (Å²) in [6, 6.07) is 4.91. The van der Waals surface area contributed by atoms with E-state index in [-0.39, 0.29) is 11.6 Å². The van der Waals surface area contributed by atoms with Gasteiger partial charge in [-0.25, -0.2) is 0 Å². The summed E-state index contributed by atoms with van der Waals surface area (Å²) in [6.07, 6.45) is 0.891. The van der Waals surface area contributed by atoms with E-state index in [1.54, 1.807) is 25.1 Å². The highest BCUT2D eigenvalue weighted by atomic mass is 35.5. The van der Waals surface area contributed by atoms with Gasteiger partial charge < -0.3 is 4.84 Å². The Kier molecular flexibility index (Phi) is 4.58. The Hall–Kier alpha value is -1.26. The molecule has 0 fully saturated rings. The molecule has 0 aromatic heterocycles. The molecule has 1 aromatic carbocycles. The number of carbonyl (C=O) groups is 1. The van der Waals surface area contributed by atoms with Crippen LogP contribution in [0.3, 0.4) is 0 Å². The number of aryl methyl sites for hydroxylation is 1. The molecule has 0 bridgehead atoms. The quantitative estimate of drug-likeness (QED) is 0.653. The predicted octanol–water partition coefficient (Wildman–Crippen LogP) is 2.96. The first-order valence-electron chi connectivity index (χ1n) is 5.00. The number of rotatable bonds is 4. The number of nitrogens with zero attached hydrogens (tertiary/aromatic N) is 1. The number of halogens is 1. The van der Waals surface area contributed by atoms with E-state index < -0.39 is 5.91 Å². The fraction of sp³-hybridized carbons (Fsp3) is 0.364. The normalized spacial score (nSPS) is 10.0. The molecular weight excluding hydrogens is 230 g/mol. The maximum atomic E-state index is 11.3. The second-order valence-corrected chi connectivity index (χ2v) is 3.85. The first-order chi connectivity index (χ1) is 7.54. The average molecular weight is 244 g/mol. The molecule has 0 aliphatic rings. The van der Waals surface area contributed by atoms with Crippen molar-refractivity contribution in [2.45, 2.75) is 26.7 Å². The number of carbonyl (C=O) groups excluding carboxylic acids is 1. The van der Waals surface area contributed by atoms with Gasteiger partial charge in [0.1, 0.15) is 0 Å². The molecule has 1 N–H and O–H groups in total. The van der Waals surface area contributed by atoms with Gasteiger partial charge in [-0.2, -0.15) is 0 Å². The molecule has 88 valence electrons. The van der Waals surface area contributed by atoms with E-state index in [9.17, 15) is 10.0 Å². The van der Waals surface area contributed by atoms with Gasteiger partial charge in [0, 0.05) is 11.4 Å². The van der Waals surface area contributed by atoms with Crippen molar-refractivity contribution in [2.24, 2.45) is 0 Å². The summed E-state index contributed by atoms with van der Waals surface area (Å²) in [4.78, 5) is 16.2. The summed E-state index contributed by atoms with van der Waals surface area (Å²) < 4.78 is 0. The summed E-state index contributed by atoms with van der Waals surface area (Å²) >= 11 is 5.77. The van der Waals surface area contributed by atoms with E-state index in [4.69, 9.17) is 16.4 Å². The van der Waals surface area contributed by atoms with Crippen LogP contribution in [-0.2, 0) is 4.79 Å². The maximum absolute atomic E-state index is 11.3. The van der Waals surface area contributed by atoms with Crippen molar-refractivity contribution in [1.82, 2.24) is 5.23 Å². The first kappa shape index (κ1) is 12.8. The molecule has 5 heteroatoms. The lowest BCUT2D eigenvalue weighted by Gasteiger charge is -2.16. The molecule has 1 rings (SSSR count). The predicted molar refractivity (Wildman–Crippen MR) is 60.4 cm³/mol. The number of hydrogen-bond donors (Lipinski definition) is 1. The average Bonchev–Trinajstić information content (AvgIpc) is 2.22. The molecule has 0 radical (unpaired) electrons. The van der Waals surface area contributed by atoms with Gasteiger partial charge >= 0.3 is 0 Å². The molecule has 0 saturated heterocycles. The number of amides is 1. The van der Waals surface area contributed by atoms with Crippen LogP contribution in [0.5, 0.6) is 5.75 Å². The fourth-order valence-corrected chi connectivity index (χ4v) is 1.40. The third-order valence-corrected chi connectivity index (χ3v) is 2.23. The lowest BCUT2D eigenvalue weighted by Crippen LogP contribution is -2.30. The largest absolute Gasteiger partial charge is 0.351 e. The van der Waals surface area contributed by atoms with Crippen molar-refractivity contribution in [1.29, 1.82) is 0 Å². The van der Waals surface area contributed by atoms with Crippen LogP contribution in [0.4, 0.5) is 0 Å². The molecule has 0 unspecified atom stereocenters. The monoisotopic (exact) mass is 243 g/mol. The van der Waals surface area contributed by atoms with Gasteiger partial charge in [0.15, 0.2) is 5.75 Å². The van der Waals surface area contributed by atoms with Gasteiger partial charge in [0.25, 0.3) is 5.91 Å². The van der Waals surface area contributed by atoms with Gasteiger partial charge in [-0.1, -0.05) is 18.5 Å². The fourth-order valence-electron chi connectivity index (χ4n) is 1.17. The van der Waals surface area contributed by atoms with E-state index in [1.807, 2.05) is 6.92 Å². The lowest BCUT2D eigenvalue weighted by molar-refractivity contribution is -0.265. The van der Waals surface area contributed by atoms with Crippen LogP contribution in [0, 0.1) is 6.92 Å². The van der Waals surface area contributed by atoms with Crippen molar-refractivity contribution >= 4 is 17.5 Å². The highest BCUT2D eigenvalue weighted by Gasteiger charge is 2.13. The molecular formula is C11H14ClNO3. The number of hydroxylamine groups is 2. The molecule has 16 heavy (non-hydrogen) atoms. The lowest BCUT2D eigenvalue weighted by atomic mass is 10.2. The van der Waals surface area contributed by atoms with Crippen molar-refractivity contribution in [3.8, 4) is 5.75 Å². The minimum Gasteiger partial charge on any atom is -0.351 e. The molecule has 0 aliphatic heterocycles. The minimum atomic E-state index is -0.475. The second-order valence-electron chi connectivity index (χ2n) is 3.42. The van der Waals surface area contributed by atoms with Crippen LogP contribution >= 0.6 is 11.6 Å². The van der Waals surface area contributed by atoms with Gasteiger partial charge in [0.05, 0.1) is 0 Å². The zero-order valence-corrected chi connectivity index (χ0v) is 9.99. The number of hydrogen-bond acceptors (Lipinski definition) is 3. The Bertz CT molecular complexity index is 381. The van der Waals surface area contributed by atoms with Crippen molar-refractivity contribution in [3.05, 3.63) is 28.8 Å². The van der Waals surface area contributed by atoms with Crippen LogP contribution in [0.1, 0.15) is 25.3 Å². The van der Waals surface area contributed by atoms with Crippen LogP contribution in [-0.4, -0.2) is 16.3 Å². The van der Waals surface area contributed by atoms with E-state index in [0.717, 1.165) is 5.56 Å². The van der Waals surface area contributed by atoms with Crippen LogP contribution in [0.15, 0.2) is 18.2 Å². The van der Waals surface area contributed by atoms with Gasteiger partial charge in [0.2, 0.25) is 0 Å². The molecule has 0 heterocycles. The van der Waals surface area contributed by atoms with Crippen molar-refractivity contribution in [2.75, 3.05) is 0 Å². The highest BCUT2D eigenvalue weighted by molar-refractivity contribution is 6.30. The second kappa shape index (κ2) is 5.72. The molecule has 0 atom stereocenters. The zero-order chi connectivity index (χ0) is 12.1. The van der Waals surface area contributed by atoms with Crippen LogP contribution in [0.2, 0.25) is 5.02 Å². The zero-order valence-electron chi connectivity index (χ0n) is 9.24. The summed E-state index contributed by atoms with van der Waals surface area (Å²) in [7, 11) is 0. The summed E-state index contributed by atoms with van der Waals surface area (Å²) in [6.45, 7) is 3.62.